The lowest BCUT2D eigenvalue weighted by atomic mass is 10.1. The zero-order valence-electron chi connectivity index (χ0n) is 16.8. The van der Waals surface area contributed by atoms with E-state index >= 15 is 0 Å². The third-order valence-electron chi connectivity index (χ3n) is 5.20. The number of amides is 2. The van der Waals surface area contributed by atoms with Crippen molar-refractivity contribution in [2.45, 2.75) is 13.0 Å². The van der Waals surface area contributed by atoms with Gasteiger partial charge in [-0.05, 0) is 29.8 Å². The number of carbonyl (C=O) groups excluding carboxylic acids is 2. The monoisotopic (exact) mass is 423 g/mol. The van der Waals surface area contributed by atoms with E-state index < -0.39 is 5.91 Å². The molecule has 0 bridgehead atoms. The summed E-state index contributed by atoms with van der Waals surface area (Å²) in [5, 5.41) is 17.0. The highest BCUT2D eigenvalue weighted by atomic mass is 19.1. The van der Waals surface area contributed by atoms with Gasteiger partial charge in [-0.1, -0.05) is 12.1 Å². The molecule has 0 unspecified atom stereocenters. The Bertz CT molecular complexity index is 1120. The van der Waals surface area contributed by atoms with Crippen LogP contribution in [0.5, 0.6) is 5.75 Å². The molecule has 2 aromatic heterocycles. The number of nitrogens with one attached hydrogen (secondary N) is 2. The predicted octanol–water partition coefficient (Wildman–Crippen LogP) is 1.38. The summed E-state index contributed by atoms with van der Waals surface area (Å²) in [6, 6.07) is 9.28. The Morgan fingerprint density at radius 1 is 1.26 bits per heavy atom. The zero-order chi connectivity index (χ0) is 21.8. The maximum absolute atomic E-state index is 13.1. The van der Waals surface area contributed by atoms with Gasteiger partial charge in [-0.15, -0.1) is 0 Å². The zero-order valence-corrected chi connectivity index (χ0v) is 16.8. The standard InChI is InChI=1S/C22H22FN5O3/c23-15-5-3-14(4-6-15)12-26-22(31)20-21(30)19-16(2-1-8-25-19)17(27-20)7-10-28-11-9-24-13-18(28)29/h1-6,8,24,30H,7,9-13H2,(H,26,31). The van der Waals surface area contributed by atoms with Gasteiger partial charge < -0.3 is 20.6 Å². The quantitative estimate of drug-likeness (QED) is 0.553. The molecule has 0 aliphatic carbocycles. The number of hydrogen-bond donors (Lipinski definition) is 3. The second-order valence-electron chi connectivity index (χ2n) is 7.27. The lowest BCUT2D eigenvalue weighted by Crippen LogP contribution is -2.48. The van der Waals surface area contributed by atoms with Crippen LogP contribution in [0, 0.1) is 5.82 Å². The van der Waals surface area contributed by atoms with Crippen molar-refractivity contribution in [3.63, 3.8) is 0 Å². The third kappa shape index (κ3) is 4.61. The van der Waals surface area contributed by atoms with Gasteiger partial charge in [0.05, 0.1) is 12.2 Å². The first-order valence-corrected chi connectivity index (χ1v) is 10.0. The van der Waals surface area contributed by atoms with Gasteiger partial charge in [-0.2, -0.15) is 0 Å². The largest absolute Gasteiger partial charge is 0.504 e. The van der Waals surface area contributed by atoms with E-state index in [0.717, 1.165) is 6.54 Å². The van der Waals surface area contributed by atoms with Gasteiger partial charge in [0.25, 0.3) is 5.91 Å². The average molecular weight is 423 g/mol. The molecule has 1 aliphatic rings. The Morgan fingerprint density at radius 3 is 2.84 bits per heavy atom. The summed E-state index contributed by atoms with van der Waals surface area (Å²) in [5.74, 6) is -1.20. The molecule has 3 aromatic rings. The molecule has 1 aliphatic heterocycles. The number of hydrogen-bond acceptors (Lipinski definition) is 6. The van der Waals surface area contributed by atoms with Crippen LogP contribution in [0.3, 0.4) is 0 Å². The van der Waals surface area contributed by atoms with Crippen molar-refractivity contribution in [1.29, 1.82) is 0 Å². The van der Waals surface area contributed by atoms with Crippen molar-refractivity contribution in [2.24, 2.45) is 0 Å². The van der Waals surface area contributed by atoms with Crippen LogP contribution in [0.4, 0.5) is 4.39 Å². The second-order valence-corrected chi connectivity index (χ2v) is 7.27. The Kier molecular flexibility index (Phi) is 6.03. The number of fused-ring (bicyclic) bond motifs is 1. The van der Waals surface area contributed by atoms with Crippen LogP contribution in [0.25, 0.3) is 10.9 Å². The Morgan fingerprint density at radius 2 is 2.06 bits per heavy atom. The lowest BCUT2D eigenvalue weighted by Gasteiger charge is -2.27. The minimum Gasteiger partial charge on any atom is -0.504 e. The molecule has 31 heavy (non-hydrogen) atoms. The Labute approximate surface area is 178 Å². The fraction of sp³-hybridized carbons (Fsp3) is 0.273. The smallest absolute Gasteiger partial charge is 0.274 e. The summed E-state index contributed by atoms with van der Waals surface area (Å²) < 4.78 is 13.1. The molecule has 0 saturated carbocycles. The van der Waals surface area contributed by atoms with Crippen molar-refractivity contribution in [3.8, 4) is 5.75 Å². The SMILES string of the molecule is O=C(NCc1ccc(F)cc1)c1nc(CCN2CCNCC2=O)c2cccnc2c1O. The summed E-state index contributed by atoms with van der Waals surface area (Å²) in [5.41, 5.74) is 1.45. The van der Waals surface area contributed by atoms with E-state index in [2.05, 4.69) is 20.6 Å². The summed E-state index contributed by atoms with van der Waals surface area (Å²) in [6.45, 7) is 2.26. The summed E-state index contributed by atoms with van der Waals surface area (Å²) >= 11 is 0. The minimum absolute atomic E-state index is 0.0183. The van der Waals surface area contributed by atoms with Crippen LogP contribution in [0.2, 0.25) is 0 Å². The van der Waals surface area contributed by atoms with E-state index in [1.165, 1.54) is 18.3 Å². The van der Waals surface area contributed by atoms with Crippen molar-refractivity contribution >= 4 is 22.7 Å². The molecule has 3 heterocycles. The van der Waals surface area contributed by atoms with Crippen LogP contribution in [0.15, 0.2) is 42.6 Å². The maximum atomic E-state index is 13.1. The fourth-order valence-corrected chi connectivity index (χ4v) is 3.53. The molecule has 8 nitrogen and oxygen atoms in total. The summed E-state index contributed by atoms with van der Waals surface area (Å²) in [4.78, 5) is 35.2. The summed E-state index contributed by atoms with van der Waals surface area (Å²) in [6.07, 6.45) is 1.96. The molecule has 160 valence electrons. The predicted molar refractivity (Wildman–Crippen MR) is 112 cm³/mol. The average Bonchev–Trinajstić information content (AvgIpc) is 2.79. The molecule has 0 spiro atoms. The van der Waals surface area contributed by atoms with Crippen LogP contribution < -0.4 is 10.6 Å². The fourth-order valence-electron chi connectivity index (χ4n) is 3.53. The van der Waals surface area contributed by atoms with Crippen molar-refractivity contribution in [2.75, 3.05) is 26.2 Å². The molecule has 1 saturated heterocycles. The number of aromatic hydroxyl groups is 1. The van der Waals surface area contributed by atoms with Crippen LogP contribution in [0.1, 0.15) is 21.7 Å². The number of carbonyl (C=O) groups is 2. The number of halogens is 1. The third-order valence-corrected chi connectivity index (χ3v) is 5.20. The van der Waals surface area contributed by atoms with Gasteiger partial charge in [0, 0.05) is 44.2 Å². The number of nitrogens with zero attached hydrogens (tertiary/aromatic N) is 3. The molecule has 1 aromatic carbocycles. The van der Waals surface area contributed by atoms with E-state index in [0.29, 0.717) is 42.7 Å². The highest BCUT2D eigenvalue weighted by Crippen LogP contribution is 2.28. The van der Waals surface area contributed by atoms with Crippen molar-refractivity contribution in [3.05, 3.63) is 65.4 Å². The molecule has 9 heteroatoms. The van der Waals surface area contributed by atoms with E-state index in [4.69, 9.17) is 0 Å². The molecule has 1 fully saturated rings. The second kappa shape index (κ2) is 9.05. The number of rotatable bonds is 6. The summed E-state index contributed by atoms with van der Waals surface area (Å²) in [7, 11) is 0. The van der Waals surface area contributed by atoms with Gasteiger partial charge in [-0.25, -0.2) is 9.37 Å². The Hall–Kier alpha value is -3.59. The highest BCUT2D eigenvalue weighted by molar-refractivity contribution is 6.01. The van der Waals surface area contributed by atoms with Gasteiger partial charge in [0.1, 0.15) is 11.3 Å². The molecule has 0 radical (unpaired) electrons. The van der Waals surface area contributed by atoms with Gasteiger partial charge in [-0.3, -0.25) is 14.6 Å². The van der Waals surface area contributed by atoms with Crippen molar-refractivity contribution < 1.29 is 19.1 Å². The van der Waals surface area contributed by atoms with E-state index in [9.17, 15) is 19.1 Å². The first-order chi connectivity index (χ1) is 15.0. The molecular weight excluding hydrogens is 401 g/mol. The van der Waals surface area contributed by atoms with E-state index in [1.54, 1.807) is 29.2 Å². The number of pyridine rings is 2. The number of benzene rings is 1. The minimum atomic E-state index is -0.561. The molecule has 4 rings (SSSR count). The maximum Gasteiger partial charge on any atom is 0.274 e. The van der Waals surface area contributed by atoms with Crippen LogP contribution >= 0.6 is 0 Å². The van der Waals surface area contributed by atoms with Crippen LogP contribution in [-0.4, -0.2) is 58.0 Å². The molecule has 2 amide bonds. The normalized spacial score (nSPS) is 14.1. The first-order valence-electron chi connectivity index (χ1n) is 10.0. The van der Waals surface area contributed by atoms with Crippen molar-refractivity contribution in [1.82, 2.24) is 25.5 Å². The molecular formula is C22H22FN5O3. The van der Waals surface area contributed by atoms with Gasteiger partial charge in [0.15, 0.2) is 11.4 Å². The highest BCUT2D eigenvalue weighted by Gasteiger charge is 2.22. The van der Waals surface area contributed by atoms with Gasteiger partial charge >= 0.3 is 0 Å². The van der Waals surface area contributed by atoms with E-state index in [1.807, 2.05) is 0 Å². The van der Waals surface area contributed by atoms with E-state index in [-0.39, 0.29) is 35.2 Å². The molecule has 3 N–H and O–H groups in total. The lowest BCUT2D eigenvalue weighted by molar-refractivity contribution is -0.131. The first kappa shape index (κ1) is 20.7. The number of aromatic nitrogens is 2. The Balaban J connectivity index is 1.57. The number of piperazine rings is 1. The van der Waals surface area contributed by atoms with Crippen LogP contribution in [-0.2, 0) is 17.8 Å². The topological polar surface area (TPSA) is 107 Å². The molecule has 0 atom stereocenters. The van der Waals surface area contributed by atoms with Gasteiger partial charge in [0.2, 0.25) is 5.91 Å².